The molecule has 1 aromatic heterocycles. The van der Waals surface area contributed by atoms with E-state index in [1.54, 1.807) is 0 Å². The third-order valence-electron chi connectivity index (χ3n) is 9.27. The Kier molecular flexibility index (Phi) is 6.98. The maximum atomic E-state index is 6.62. The summed E-state index contributed by atoms with van der Waals surface area (Å²) in [7, 11) is 0. The standard InChI is InChI=1S/C45H32N2O2/c46-42-24-20-33-19-21-37(27-41(33)45(42)48-29-30-17-18-32-11-4-5-12-34(32)25-30)47(36-14-8-13-35(26-36)31-9-2-1-3-10-31)38-22-23-40-39-15-6-7-16-43(39)49-44(40)28-38/h1-28H,29,46H2. The lowest BCUT2D eigenvalue weighted by atomic mass is 10.0. The number of nitrogens with zero attached hydrogens (tertiary/aromatic N) is 1. The van der Waals surface area contributed by atoms with Crippen molar-refractivity contribution in [2.75, 3.05) is 10.6 Å². The average molecular weight is 633 g/mol. The molecule has 0 atom stereocenters. The van der Waals surface area contributed by atoms with Crippen molar-refractivity contribution in [2.24, 2.45) is 0 Å². The largest absolute Gasteiger partial charge is 0.486 e. The maximum absolute atomic E-state index is 6.62. The molecule has 234 valence electrons. The van der Waals surface area contributed by atoms with Gasteiger partial charge in [0, 0.05) is 39.3 Å². The number of rotatable bonds is 7. The third kappa shape index (κ3) is 5.30. The molecule has 49 heavy (non-hydrogen) atoms. The second-order valence-corrected chi connectivity index (χ2v) is 12.4. The van der Waals surface area contributed by atoms with E-state index in [0.717, 1.165) is 66.5 Å². The lowest BCUT2D eigenvalue weighted by molar-refractivity contribution is 0.312. The zero-order valence-corrected chi connectivity index (χ0v) is 26.7. The number of anilines is 4. The lowest BCUT2D eigenvalue weighted by Gasteiger charge is -2.26. The van der Waals surface area contributed by atoms with Crippen LogP contribution in [0.15, 0.2) is 174 Å². The van der Waals surface area contributed by atoms with E-state index in [1.807, 2.05) is 30.3 Å². The first-order chi connectivity index (χ1) is 24.2. The van der Waals surface area contributed by atoms with Gasteiger partial charge in [-0.2, -0.15) is 0 Å². The van der Waals surface area contributed by atoms with Crippen LogP contribution in [0.25, 0.3) is 54.6 Å². The number of hydrogen-bond acceptors (Lipinski definition) is 4. The second kappa shape index (κ2) is 11.9. The van der Waals surface area contributed by atoms with Crippen LogP contribution in [0, 0.1) is 0 Å². The predicted molar refractivity (Wildman–Crippen MR) is 204 cm³/mol. The molecule has 8 aromatic carbocycles. The van der Waals surface area contributed by atoms with Gasteiger partial charge in [-0.05, 0) is 87.4 Å². The summed E-state index contributed by atoms with van der Waals surface area (Å²) >= 11 is 0. The molecule has 9 rings (SSSR count). The summed E-state index contributed by atoms with van der Waals surface area (Å²) in [6, 6.07) is 59.0. The minimum Gasteiger partial charge on any atom is -0.486 e. The van der Waals surface area contributed by atoms with Crippen LogP contribution >= 0.6 is 0 Å². The predicted octanol–water partition coefficient (Wildman–Crippen LogP) is 12.2. The summed E-state index contributed by atoms with van der Waals surface area (Å²) in [5.74, 6) is 0.679. The third-order valence-corrected chi connectivity index (χ3v) is 9.27. The monoisotopic (exact) mass is 632 g/mol. The summed E-state index contributed by atoms with van der Waals surface area (Å²) in [6.45, 7) is 0.407. The van der Waals surface area contributed by atoms with E-state index >= 15 is 0 Å². The highest BCUT2D eigenvalue weighted by Gasteiger charge is 2.18. The Morgan fingerprint density at radius 2 is 1.16 bits per heavy atom. The van der Waals surface area contributed by atoms with E-state index < -0.39 is 0 Å². The highest BCUT2D eigenvalue weighted by Crippen LogP contribution is 2.42. The van der Waals surface area contributed by atoms with Gasteiger partial charge in [0.2, 0.25) is 0 Å². The Labute approximate surface area is 284 Å². The molecule has 0 saturated carbocycles. The number of benzene rings is 8. The first kappa shape index (κ1) is 28.7. The SMILES string of the molecule is Nc1ccc2ccc(N(c3cccc(-c4ccccc4)c3)c3ccc4c(c3)oc3ccccc34)cc2c1OCc1ccc2ccccc2c1. The first-order valence-corrected chi connectivity index (χ1v) is 16.5. The Hall–Kier alpha value is -6.52. The molecule has 0 unspecified atom stereocenters. The van der Waals surface area contributed by atoms with Crippen molar-refractivity contribution < 1.29 is 9.15 Å². The van der Waals surface area contributed by atoms with Crippen molar-refractivity contribution in [1.82, 2.24) is 0 Å². The van der Waals surface area contributed by atoms with Gasteiger partial charge in [-0.3, -0.25) is 0 Å². The van der Waals surface area contributed by atoms with Crippen LogP contribution in [-0.4, -0.2) is 0 Å². The second-order valence-electron chi connectivity index (χ2n) is 12.4. The average Bonchev–Trinajstić information content (AvgIpc) is 3.53. The summed E-state index contributed by atoms with van der Waals surface area (Å²) in [5, 5.41) is 6.60. The highest BCUT2D eigenvalue weighted by atomic mass is 16.5. The Morgan fingerprint density at radius 1 is 0.469 bits per heavy atom. The van der Waals surface area contributed by atoms with Crippen molar-refractivity contribution >= 4 is 66.2 Å². The zero-order valence-electron chi connectivity index (χ0n) is 26.7. The molecule has 4 heteroatoms. The molecule has 0 fully saturated rings. The topological polar surface area (TPSA) is 51.6 Å². The van der Waals surface area contributed by atoms with Gasteiger partial charge in [-0.15, -0.1) is 0 Å². The fourth-order valence-corrected chi connectivity index (χ4v) is 6.84. The van der Waals surface area contributed by atoms with Crippen LogP contribution in [0.4, 0.5) is 22.7 Å². The summed E-state index contributed by atoms with van der Waals surface area (Å²) in [6.07, 6.45) is 0. The van der Waals surface area contributed by atoms with Gasteiger partial charge in [0.25, 0.3) is 0 Å². The van der Waals surface area contributed by atoms with Gasteiger partial charge >= 0.3 is 0 Å². The number of hydrogen-bond donors (Lipinski definition) is 1. The molecular formula is C45H32N2O2. The van der Waals surface area contributed by atoms with Crippen LogP contribution in [0.2, 0.25) is 0 Å². The fraction of sp³-hybridized carbons (Fsp3) is 0.0222. The summed E-state index contributed by atoms with van der Waals surface area (Å²) < 4.78 is 12.9. The Bertz CT molecular complexity index is 2640. The fourth-order valence-electron chi connectivity index (χ4n) is 6.84. The Morgan fingerprint density at radius 3 is 2.08 bits per heavy atom. The molecular weight excluding hydrogens is 601 g/mol. The van der Waals surface area contributed by atoms with E-state index in [-0.39, 0.29) is 0 Å². The molecule has 0 aliphatic rings. The van der Waals surface area contributed by atoms with Crippen LogP contribution < -0.4 is 15.4 Å². The molecule has 9 aromatic rings. The van der Waals surface area contributed by atoms with Crippen LogP contribution in [0.3, 0.4) is 0 Å². The van der Waals surface area contributed by atoms with Crippen molar-refractivity contribution in [3.05, 3.63) is 175 Å². The normalized spacial score (nSPS) is 11.4. The van der Waals surface area contributed by atoms with Crippen molar-refractivity contribution in [3.63, 3.8) is 0 Å². The first-order valence-electron chi connectivity index (χ1n) is 16.5. The molecule has 0 amide bonds. The minimum atomic E-state index is 0.407. The van der Waals surface area contributed by atoms with Gasteiger partial charge in [0.05, 0.1) is 5.69 Å². The van der Waals surface area contributed by atoms with Gasteiger partial charge in [0.1, 0.15) is 17.8 Å². The van der Waals surface area contributed by atoms with E-state index in [4.69, 9.17) is 14.9 Å². The molecule has 0 aliphatic heterocycles. The van der Waals surface area contributed by atoms with Crippen molar-refractivity contribution in [1.29, 1.82) is 0 Å². The molecule has 0 bridgehead atoms. The lowest BCUT2D eigenvalue weighted by Crippen LogP contribution is -2.10. The minimum absolute atomic E-state index is 0.407. The van der Waals surface area contributed by atoms with Crippen molar-refractivity contribution in [2.45, 2.75) is 6.61 Å². The van der Waals surface area contributed by atoms with E-state index in [0.29, 0.717) is 18.0 Å². The van der Waals surface area contributed by atoms with E-state index in [2.05, 4.69) is 144 Å². The van der Waals surface area contributed by atoms with Gasteiger partial charge < -0.3 is 19.8 Å². The van der Waals surface area contributed by atoms with Gasteiger partial charge in [-0.1, -0.05) is 109 Å². The van der Waals surface area contributed by atoms with Crippen LogP contribution in [0.5, 0.6) is 5.75 Å². The maximum Gasteiger partial charge on any atom is 0.150 e. The van der Waals surface area contributed by atoms with Gasteiger partial charge in [0.15, 0.2) is 5.75 Å². The number of nitrogen functional groups attached to an aromatic ring is 1. The van der Waals surface area contributed by atoms with E-state index in [9.17, 15) is 0 Å². The van der Waals surface area contributed by atoms with Crippen molar-refractivity contribution in [3.8, 4) is 16.9 Å². The number of furan rings is 1. The Balaban J connectivity index is 1.17. The quantitative estimate of drug-likeness (QED) is 0.178. The van der Waals surface area contributed by atoms with Crippen LogP contribution in [-0.2, 0) is 6.61 Å². The number of nitrogens with two attached hydrogens (primary N) is 1. The molecule has 0 aliphatic carbocycles. The van der Waals surface area contributed by atoms with Crippen LogP contribution in [0.1, 0.15) is 5.56 Å². The molecule has 0 radical (unpaired) electrons. The molecule has 1 heterocycles. The summed E-state index contributed by atoms with van der Waals surface area (Å²) in [5.41, 5.74) is 15.3. The van der Waals surface area contributed by atoms with E-state index in [1.165, 1.54) is 10.8 Å². The highest BCUT2D eigenvalue weighted by molar-refractivity contribution is 6.06. The molecule has 0 saturated heterocycles. The van der Waals surface area contributed by atoms with Gasteiger partial charge in [-0.25, -0.2) is 0 Å². The smallest absolute Gasteiger partial charge is 0.150 e. The molecule has 0 spiro atoms. The number of para-hydroxylation sites is 1. The summed E-state index contributed by atoms with van der Waals surface area (Å²) in [4.78, 5) is 2.27. The molecule has 4 nitrogen and oxygen atoms in total. The number of ether oxygens (including phenoxy) is 1. The zero-order chi connectivity index (χ0) is 32.7. The number of fused-ring (bicyclic) bond motifs is 5. The molecule has 2 N–H and O–H groups in total.